The Labute approximate surface area is 151 Å². The van der Waals surface area contributed by atoms with Gasteiger partial charge in [0.1, 0.15) is 0 Å². The minimum absolute atomic E-state index is 0.0921. The number of aliphatic hydroxyl groups is 1. The Kier molecular flexibility index (Phi) is 5.15. The second-order valence-corrected chi connectivity index (χ2v) is 8.17. The van der Waals surface area contributed by atoms with Crippen LogP contribution in [-0.2, 0) is 22.8 Å². The Morgan fingerprint density at radius 3 is 2.72 bits per heavy atom. The lowest BCUT2D eigenvalue weighted by Crippen LogP contribution is -2.29. The molecule has 25 heavy (non-hydrogen) atoms. The van der Waals surface area contributed by atoms with Crippen LogP contribution in [0, 0.1) is 0 Å². The normalized spacial score (nSPS) is 13.2. The number of aromatic nitrogens is 1. The summed E-state index contributed by atoms with van der Waals surface area (Å²) < 4.78 is 28.9. The van der Waals surface area contributed by atoms with Crippen molar-refractivity contribution >= 4 is 32.5 Å². The molecule has 5 nitrogen and oxygen atoms in total. The highest BCUT2D eigenvalue weighted by atomic mass is 35.5. The molecule has 0 spiro atoms. The molecule has 3 aromatic rings. The topological polar surface area (TPSA) is 71.3 Å². The van der Waals surface area contributed by atoms with E-state index in [4.69, 9.17) is 11.6 Å². The molecule has 0 saturated carbocycles. The number of benzene rings is 2. The molecule has 2 N–H and O–H groups in total. The van der Waals surface area contributed by atoms with Crippen molar-refractivity contribution < 1.29 is 13.5 Å². The van der Waals surface area contributed by atoms with Crippen LogP contribution in [0.4, 0.5) is 0 Å². The molecule has 7 heteroatoms. The van der Waals surface area contributed by atoms with Gasteiger partial charge in [-0.25, -0.2) is 13.1 Å². The summed E-state index contributed by atoms with van der Waals surface area (Å²) in [7, 11) is -1.65. The van der Waals surface area contributed by atoms with E-state index in [0.717, 1.165) is 10.9 Å². The molecule has 0 aliphatic rings. The molecule has 1 unspecified atom stereocenters. The molecule has 1 heterocycles. The Morgan fingerprint density at radius 1 is 1.20 bits per heavy atom. The van der Waals surface area contributed by atoms with E-state index in [9.17, 15) is 13.5 Å². The van der Waals surface area contributed by atoms with Gasteiger partial charge in [-0.05, 0) is 40.8 Å². The van der Waals surface area contributed by atoms with Crippen LogP contribution >= 0.6 is 11.6 Å². The zero-order chi connectivity index (χ0) is 18.0. The van der Waals surface area contributed by atoms with E-state index in [0.29, 0.717) is 16.1 Å². The quantitative estimate of drug-likeness (QED) is 0.692. The summed E-state index contributed by atoms with van der Waals surface area (Å²) >= 11 is 6.00. The first-order valence-corrected chi connectivity index (χ1v) is 9.82. The lowest BCUT2D eigenvalue weighted by molar-refractivity contribution is 0.182. The van der Waals surface area contributed by atoms with Gasteiger partial charge in [-0.15, -0.1) is 0 Å². The van der Waals surface area contributed by atoms with Crippen LogP contribution in [-0.4, -0.2) is 24.6 Å². The lowest BCUT2D eigenvalue weighted by atomic mass is 10.1. The number of nitrogens with one attached hydrogen (secondary N) is 1. The maximum absolute atomic E-state index is 12.2. The molecular formula is C18H19ClN2O3S. The summed E-state index contributed by atoms with van der Waals surface area (Å²) in [6, 6.07) is 14.3. The van der Waals surface area contributed by atoms with Crippen LogP contribution in [0.2, 0.25) is 5.02 Å². The molecular weight excluding hydrogens is 360 g/mol. The third-order valence-electron chi connectivity index (χ3n) is 4.09. The fourth-order valence-corrected chi connectivity index (χ4v) is 4.16. The largest absolute Gasteiger partial charge is 0.387 e. The summed E-state index contributed by atoms with van der Waals surface area (Å²) in [5.74, 6) is -0.225. The predicted octanol–water partition coefficient (Wildman–Crippen LogP) is 2.98. The van der Waals surface area contributed by atoms with Crippen molar-refractivity contribution in [1.29, 1.82) is 0 Å². The van der Waals surface area contributed by atoms with Crippen molar-refractivity contribution in [3.05, 3.63) is 70.9 Å². The standard InChI is InChI=1S/C18H19ClN2O3S/c1-21-9-8-13-10-14(6-7-17(13)21)18(22)11-20-25(23,24)12-15-4-2-3-5-16(15)19/h2-10,18,20,22H,11-12H2,1H3. The number of hydrogen-bond donors (Lipinski definition) is 2. The number of halogens is 1. The predicted molar refractivity (Wildman–Crippen MR) is 100.0 cm³/mol. The van der Waals surface area contributed by atoms with Gasteiger partial charge in [-0.2, -0.15) is 0 Å². The number of aryl methyl sites for hydroxylation is 1. The van der Waals surface area contributed by atoms with Gasteiger partial charge in [0, 0.05) is 30.3 Å². The SMILES string of the molecule is Cn1ccc2cc(C(O)CNS(=O)(=O)Cc3ccccc3Cl)ccc21. The third kappa shape index (κ3) is 4.22. The third-order valence-corrected chi connectivity index (χ3v) is 5.76. The van der Waals surface area contributed by atoms with Gasteiger partial charge in [-0.1, -0.05) is 35.9 Å². The zero-order valence-corrected chi connectivity index (χ0v) is 15.3. The van der Waals surface area contributed by atoms with Crippen molar-refractivity contribution in [2.75, 3.05) is 6.54 Å². The van der Waals surface area contributed by atoms with Gasteiger partial charge in [0.15, 0.2) is 0 Å². The molecule has 0 bridgehead atoms. The first-order valence-electron chi connectivity index (χ1n) is 7.79. The second-order valence-electron chi connectivity index (χ2n) is 5.96. The van der Waals surface area contributed by atoms with E-state index >= 15 is 0 Å². The highest BCUT2D eigenvalue weighted by Crippen LogP contribution is 2.21. The van der Waals surface area contributed by atoms with Crippen molar-refractivity contribution in [2.45, 2.75) is 11.9 Å². The van der Waals surface area contributed by atoms with Gasteiger partial charge in [0.25, 0.3) is 0 Å². The van der Waals surface area contributed by atoms with Crippen molar-refractivity contribution in [3.63, 3.8) is 0 Å². The Bertz CT molecular complexity index is 998. The fraction of sp³-hybridized carbons (Fsp3) is 0.222. The maximum atomic E-state index is 12.2. The molecule has 1 atom stereocenters. The first kappa shape index (κ1) is 17.9. The Morgan fingerprint density at radius 2 is 1.96 bits per heavy atom. The van der Waals surface area contributed by atoms with E-state index < -0.39 is 16.1 Å². The van der Waals surface area contributed by atoms with Gasteiger partial charge < -0.3 is 9.67 Å². The van der Waals surface area contributed by atoms with Gasteiger partial charge in [0.05, 0.1) is 11.9 Å². The average molecular weight is 379 g/mol. The van der Waals surface area contributed by atoms with Crippen molar-refractivity contribution in [2.24, 2.45) is 7.05 Å². The van der Waals surface area contributed by atoms with Crippen molar-refractivity contribution in [1.82, 2.24) is 9.29 Å². The zero-order valence-electron chi connectivity index (χ0n) is 13.7. The summed E-state index contributed by atoms with van der Waals surface area (Å²) in [5.41, 5.74) is 2.24. The lowest BCUT2D eigenvalue weighted by Gasteiger charge is -2.13. The van der Waals surface area contributed by atoms with Crippen LogP contribution in [0.15, 0.2) is 54.7 Å². The fourth-order valence-electron chi connectivity index (χ4n) is 2.70. The molecule has 3 rings (SSSR count). The minimum atomic E-state index is -3.60. The number of rotatable bonds is 6. The maximum Gasteiger partial charge on any atom is 0.215 e. The number of hydrogen-bond acceptors (Lipinski definition) is 3. The van der Waals surface area contributed by atoms with E-state index in [1.807, 2.05) is 36.0 Å². The van der Waals surface area contributed by atoms with Crippen LogP contribution in [0.25, 0.3) is 10.9 Å². The monoisotopic (exact) mass is 378 g/mol. The van der Waals surface area contributed by atoms with Crippen molar-refractivity contribution in [3.8, 4) is 0 Å². The van der Waals surface area contributed by atoms with E-state index in [1.165, 1.54) is 0 Å². The van der Waals surface area contributed by atoms with Gasteiger partial charge >= 0.3 is 0 Å². The Balaban J connectivity index is 1.67. The molecule has 0 fully saturated rings. The smallest absolute Gasteiger partial charge is 0.215 e. The van der Waals surface area contributed by atoms with Gasteiger partial charge in [-0.3, -0.25) is 0 Å². The highest BCUT2D eigenvalue weighted by molar-refractivity contribution is 7.88. The molecule has 1 aromatic heterocycles. The van der Waals surface area contributed by atoms with E-state index in [-0.39, 0.29) is 12.3 Å². The number of nitrogens with zero attached hydrogens (tertiary/aromatic N) is 1. The molecule has 132 valence electrons. The van der Waals surface area contributed by atoms with Crippen LogP contribution in [0.1, 0.15) is 17.2 Å². The van der Waals surface area contributed by atoms with Gasteiger partial charge in [0.2, 0.25) is 10.0 Å². The Hall–Kier alpha value is -1.86. The van der Waals surface area contributed by atoms with Crippen LogP contribution in [0.3, 0.4) is 0 Å². The molecule has 2 aromatic carbocycles. The highest BCUT2D eigenvalue weighted by Gasteiger charge is 2.17. The molecule has 0 aliphatic carbocycles. The molecule has 0 aliphatic heterocycles. The van der Waals surface area contributed by atoms with Crippen LogP contribution < -0.4 is 4.72 Å². The minimum Gasteiger partial charge on any atom is -0.387 e. The summed E-state index contributed by atoms with van der Waals surface area (Å²) in [6.07, 6.45) is 1.01. The summed E-state index contributed by atoms with van der Waals surface area (Å²) in [5, 5.41) is 11.7. The number of aliphatic hydroxyl groups excluding tert-OH is 1. The summed E-state index contributed by atoms with van der Waals surface area (Å²) in [6.45, 7) is -0.0921. The molecule has 0 amide bonds. The van der Waals surface area contributed by atoms with Crippen LogP contribution in [0.5, 0.6) is 0 Å². The second kappa shape index (κ2) is 7.17. The molecule has 0 radical (unpaired) electrons. The summed E-state index contributed by atoms with van der Waals surface area (Å²) in [4.78, 5) is 0. The first-order chi connectivity index (χ1) is 11.9. The van der Waals surface area contributed by atoms with E-state index in [2.05, 4.69) is 4.72 Å². The molecule has 0 saturated heterocycles. The van der Waals surface area contributed by atoms with E-state index in [1.54, 1.807) is 30.3 Å². The average Bonchev–Trinajstić information content (AvgIpc) is 2.95. The number of sulfonamides is 1. The number of fused-ring (bicyclic) bond motifs is 1.